The van der Waals surface area contributed by atoms with Gasteiger partial charge in [0.2, 0.25) is 0 Å². The number of nitrogens with one attached hydrogen (secondary N) is 1. The molecule has 0 radical (unpaired) electrons. The molecule has 3 unspecified atom stereocenters. The average Bonchev–Trinajstić information content (AvgIpc) is 2.91. The van der Waals surface area contributed by atoms with E-state index in [4.69, 9.17) is 4.74 Å². The van der Waals surface area contributed by atoms with E-state index in [9.17, 15) is 0 Å². The maximum atomic E-state index is 5.34. The van der Waals surface area contributed by atoms with Gasteiger partial charge in [-0.05, 0) is 59.8 Å². The predicted molar refractivity (Wildman–Crippen MR) is 90.6 cm³/mol. The first-order chi connectivity index (χ1) is 9.87. The fourth-order valence-electron chi connectivity index (χ4n) is 4.84. The van der Waals surface area contributed by atoms with Gasteiger partial charge in [-0.1, -0.05) is 36.7 Å². The zero-order valence-corrected chi connectivity index (χ0v) is 15.1. The Kier molecular flexibility index (Phi) is 3.86. The summed E-state index contributed by atoms with van der Waals surface area (Å²) < 4.78 is 6.50. The first kappa shape index (κ1) is 15.4. The van der Waals surface area contributed by atoms with Crippen molar-refractivity contribution in [3.8, 4) is 5.75 Å². The Hall–Kier alpha value is -0.540. The molecule has 2 aliphatic carbocycles. The first-order valence-electron chi connectivity index (χ1n) is 7.92. The minimum atomic E-state index is 0.401. The van der Waals surface area contributed by atoms with Crippen molar-refractivity contribution in [3.05, 3.63) is 28.2 Å². The van der Waals surface area contributed by atoms with E-state index in [0.717, 1.165) is 22.7 Å². The van der Waals surface area contributed by atoms with Gasteiger partial charge in [0.25, 0.3) is 0 Å². The second-order valence-corrected chi connectivity index (χ2v) is 8.54. The Labute approximate surface area is 136 Å². The second kappa shape index (κ2) is 5.27. The van der Waals surface area contributed by atoms with Crippen molar-refractivity contribution in [2.24, 2.45) is 16.7 Å². The largest absolute Gasteiger partial charge is 0.497 e. The third-order valence-corrected chi connectivity index (χ3v) is 6.79. The van der Waals surface area contributed by atoms with Crippen LogP contribution in [0, 0.1) is 16.7 Å². The minimum absolute atomic E-state index is 0.401. The van der Waals surface area contributed by atoms with Crippen LogP contribution in [0.5, 0.6) is 5.75 Å². The van der Waals surface area contributed by atoms with E-state index >= 15 is 0 Å². The Bertz CT molecular complexity index is 537. The van der Waals surface area contributed by atoms with Crippen molar-refractivity contribution in [1.29, 1.82) is 0 Å². The monoisotopic (exact) mass is 351 g/mol. The standard InChI is InChI=1S/C18H26BrNO/c1-17(2)13-7-8-18(3,10-13)16(17)20-11-12-9-14(21-4)5-6-15(12)19/h5-6,9,13,16,20H,7-8,10-11H2,1-4H3. The van der Waals surface area contributed by atoms with E-state index in [2.05, 4.69) is 54.2 Å². The maximum Gasteiger partial charge on any atom is 0.119 e. The topological polar surface area (TPSA) is 21.3 Å². The summed E-state index contributed by atoms with van der Waals surface area (Å²) in [5, 5.41) is 3.87. The van der Waals surface area contributed by atoms with Crippen LogP contribution < -0.4 is 10.1 Å². The summed E-state index contributed by atoms with van der Waals surface area (Å²) in [5.74, 6) is 1.81. The van der Waals surface area contributed by atoms with E-state index in [1.807, 2.05) is 6.07 Å². The smallest absolute Gasteiger partial charge is 0.119 e. The Morgan fingerprint density at radius 3 is 2.71 bits per heavy atom. The molecule has 0 heterocycles. The zero-order valence-electron chi connectivity index (χ0n) is 13.5. The predicted octanol–water partition coefficient (Wildman–Crippen LogP) is 4.76. The van der Waals surface area contributed by atoms with Gasteiger partial charge in [0.15, 0.2) is 0 Å². The quantitative estimate of drug-likeness (QED) is 0.843. The second-order valence-electron chi connectivity index (χ2n) is 7.69. The molecule has 0 saturated heterocycles. The molecule has 3 heteroatoms. The van der Waals surface area contributed by atoms with Crippen LogP contribution in [0.25, 0.3) is 0 Å². The average molecular weight is 352 g/mol. The Morgan fingerprint density at radius 2 is 2.10 bits per heavy atom. The molecule has 21 heavy (non-hydrogen) atoms. The summed E-state index contributed by atoms with van der Waals surface area (Å²) in [4.78, 5) is 0. The van der Waals surface area contributed by atoms with Gasteiger partial charge >= 0.3 is 0 Å². The molecular weight excluding hydrogens is 326 g/mol. The van der Waals surface area contributed by atoms with Gasteiger partial charge in [0.05, 0.1) is 7.11 Å². The number of ether oxygens (including phenoxy) is 1. The molecular formula is C18H26BrNO. The molecule has 3 atom stereocenters. The number of fused-ring (bicyclic) bond motifs is 2. The van der Waals surface area contributed by atoms with Gasteiger partial charge in [-0.15, -0.1) is 0 Å². The van der Waals surface area contributed by atoms with Gasteiger partial charge in [0, 0.05) is 17.1 Å². The van der Waals surface area contributed by atoms with Crippen molar-refractivity contribution in [2.75, 3.05) is 7.11 Å². The van der Waals surface area contributed by atoms with Crippen molar-refractivity contribution >= 4 is 15.9 Å². The van der Waals surface area contributed by atoms with Crippen LogP contribution in [0.2, 0.25) is 0 Å². The summed E-state index contributed by atoms with van der Waals surface area (Å²) in [6.07, 6.45) is 4.17. The van der Waals surface area contributed by atoms with Crippen LogP contribution in [0.3, 0.4) is 0 Å². The summed E-state index contributed by atoms with van der Waals surface area (Å²) in [6.45, 7) is 8.26. The Balaban J connectivity index is 1.76. The van der Waals surface area contributed by atoms with Crippen LogP contribution >= 0.6 is 15.9 Å². The van der Waals surface area contributed by atoms with Crippen molar-refractivity contribution in [1.82, 2.24) is 5.32 Å². The van der Waals surface area contributed by atoms with Gasteiger partial charge < -0.3 is 10.1 Å². The van der Waals surface area contributed by atoms with Crippen LogP contribution in [0.15, 0.2) is 22.7 Å². The number of halogens is 1. The number of rotatable bonds is 4. The van der Waals surface area contributed by atoms with Crippen LogP contribution in [-0.2, 0) is 6.54 Å². The molecule has 2 nitrogen and oxygen atoms in total. The summed E-state index contributed by atoms with van der Waals surface area (Å²) in [5.41, 5.74) is 2.15. The molecule has 1 aromatic rings. The van der Waals surface area contributed by atoms with Crippen LogP contribution in [0.1, 0.15) is 45.6 Å². The number of hydrogen-bond donors (Lipinski definition) is 1. The summed E-state index contributed by atoms with van der Waals surface area (Å²) in [7, 11) is 1.72. The lowest BCUT2D eigenvalue weighted by molar-refractivity contribution is 0.108. The van der Waals surface area contributed by atoms with E-state index in [0.29, 0.717) is 16.9 Å². The first-order valence-corrected chi connectivity index (χ1v) is 8.72. The molecule has 1 N–H and O–H groups in total. The molecule has 2 saturated carbocycles. The molecule has 0 spiro atoms. The zero-order chi connectivity index (χ0) is 15.3. The van der Waals surface area contributed by atoms with Crippen LogP contribution in [0.4, 0.5) is 0 Å². The molecule has 2 aliphatic rings. The highest BCUT2D eigenvalue weighted by molar-refractivity contribution is 9.10. The van der Waals surface area contributed by atoms with Gasteiger partial charge in [-0.2, -0.15) is 0 Å². The Morgan fingerprint density at radius 1 is 1.33 bits per heavy atom. The normalized spacial score (nSPS) is 33.4. The van der Waals surface area contributed by atoms with Crippen LogP contribution in [-0.4, -0.2) is 13.2 Å². The number of methoxy groups -OCH3 is 1. The third-order valence-electron chi connectivity index (χ3n) is 6.02. The summed E-state index contributed by atoms with van der Waals surface area (Å²) in [6, 6.07) is 6.79. The van der Waals surface area contributed by atoms with E-state index in [-0.39, 0.29) is 0 Å². The van der Waals surface area contributed by atoms with Crippen molar-refractivity contribution in [3.63, 3.8) is 0 Å². The highest BCUT2D eigenvalue weighted by Crippen LogP contribution is 2.62. The van der Waals surface area contributed by atoms with Gasteiger partial charge in [-0.3, -0.25) is 0 Å². The summed E-state index contributed by atoms with van der Waals surface area (Å²) >= 11 is 3.66. The fraction of sp³-hybridized carbons (Fsp3) is 0.667. The van der Waals surface area contributed by atoms with Gasteiger partial charge in [-0.25, -0.2) is 0 Å². The van der Waals surface area contributed by atoms with E-state index < -0.39 is 0 Å². The maximum absolute atomic E-state index is 5.34. The molecule has 1 aromatic carbocycles. The van der Waals surface area contributed by atoms with Gasteiger partial charge in [0.1, 0.15) is 5.75 Å². The van der Waals surface area contributed by atoms with Crippen molar-refractivity contribution in [2.45, 2.75) is 52.6 Å². The van der Waals surface area contributed by atoms with E-state index in [1.165, 1.54) is 24.8 Å². The van der Waals surface area contributed by atoms with E-state index in [1.54, 1.807) is 7.11 Å². The number of benzene rings is 1. The number of hydrogen-bond acceptors (Lipinski definition) is 2. The molecule has 0 amide bonds. The van der Waals surface area contributed by atoms with Crippen molar-refractivity contribution < 1.29 is 4.74 Å². The minimum Gasteiger partial charge on any atom is -0.497 e. The highest BCUT2D eigenvalue weighted by atomic mass is 79.9. The SMILES string of the molecule is COc1ccc(Br)c(CNC2C3(C)CCC(C3)C2(C)C)c1. The lowest BCUT2D eigenvalue weighted by Gasteiger charge is -2.43. The molecule has 3 rings (SSSR count). The fourth-order valence-corrected chi connectivity index (χ4v) is 5.22. The molecule has 0 aromatic heterocycles. The molecule has 116 valence electrons. The molecule has 2 bridgehead atoms. The molecule has 0 aliphatic heterocycles. The molecule has 2 fully saturated rings. The lowest BCUT2D eigenvalue weighted by atomic mass is 9.68. The lowest BCUT2D eigenvalue weighted by Crippen LogP contribution is -2.49. The third kappa shape index (κ3) is 2.53. The highest BCUT2D eigenvalue weighted by Gasteiger charge is 2.58.